The molecule has 0 aliphatic carbocycles. The van der Waals surface area contributed by atoms with E-state index in [0.717, 1.165) is 6.07 Å². The molecule has 3 rings (SSSR count). The highest BCUT2D eigenvalue weighted by atomic mass is 19.1. The second-order valence-corrected chi connectivity index (χ2v) is 5.20. The molecule has 0 aliphatic rings. The molecular weight excluding hydrogens is 315 g/mol. The summed E-state index contributed by atoms with van der Waals surface area (Å²) < 4.78 is 20.5. The van der Waals surface area contributed by atoms with Gasteiger partial charge in [-0.25, -0.2) is 14.0 Å². The number of fused-ring (bicyclic) bond motifs is 1. The fourth-order valence-electron chi connectivity index (χ4n) is 2.54. The third-order valence-corrected chi connectivity index (χ3v) is 3.74. The van der Waals surface area contributed by atoms with Gasteiger partial charge in [0.15, 0.2) is 0 Å². The van der Waals surface area contributed by atoms with Crippen LogP contribution in [-0.4, -0.2) is 33.9 Å². The molecule has 0 aliphatic heterocycles. The Hall–Kier alpha value is -3.22. The molecule has 0 unspecified atom stereocenters. The number of benzene rings is 2. The molecule has 6 nitrogen and oxygen atoms in total. The van der Waals surface area contributed by atoms with Crippen molar-refractivity contribution >= 4 is 22.8 Å². The van der Waals surface area contributed by atoms with Crippen LogP contribution < -0.4 is 0 Å². The van der Waals surface area contributed by atoms with Gasteiger partial charge in [-0.3, -0.25) is 4.68 Å². The maximum absolute atomic E-state index is 14.4. The molecule has 0 saturated carbocycles. The summed E-state index contributed by atoms with van der Waals surface area (Å²) in [5.41, 5.74) is 1.39. The van der Waals surface area contributed by atoms with E-state index in [2.05, 4.69) is 9.84 Å². The van der Waals surface area contributed by atoms with E-state index in [1.54, 1.807) is 13.1 Å². The van der Waals surface area contributed by atoms with Gasteiger partial charge in [-0.2, -0.15) is 5.10 Å². The Morgan fingerprint density at radius 2 is 1.88 bits per heavy atom. The second kappa shape index (κ2) is 5.77. The summed E-state index contributed by atoms with van der Waals surface area (Å²) >= 11 is 0. The third kappa shape index (κ3) is 2.50. The maximum atomic E-state index is 14.4. The summed E-state index contributed by atoms with van der Waals surface area (Å²) in [6.45, 7) is 0. The van der Waals surface area contributed by atoms with Crippen LogP contribution in [0.25, 0.3) is 22.2 Å². The van der Waals surface area contributed by atoms with E-state index in [9.17, 15) is 14.0 Å². The number of ether oxygens (including phenoxy) is 1. The van der Waals surface area contributed by atoms with Crippen molar-refractivity contribution in [3.8, 4) is 11.3 Å². The van der Waals surface area contributed by atoms with Gasteiger partial charge in [-0.15, -0.1) is 0 Å². The van der Waals surface area contributed by atoms with E-state index in [1.165, 1.54) is 36.1 Å². The summed E-state index contributed by atoms with van der Waals surface area (Å²) in [5, 5.41) is 14.0. The zero-order valence-corrected chi connectivity index (χ0v) is 12.9. The van der Waals surface area contributed by atoms with Gasteiger partial charge in [-0.05, 0) is 36.4 Å². The molecule has 2 aromatic carbocycles. The van der Waals surface area contributed by atoms with Crippen molar-refractivity contribution in [1.29, 1.82) is 0 Å². The molecule has 24 heavy (non-hydrogen) atoms. The Labute approximate surface area is 136 Å². The molecule has 0 bridgehead atoms. The van der Waals surface area contributed by atoms with Gasteiger partial charge in [0.25, 0.3) is 0 Å². The van der Waals surface area contributed by atoms with Gasteiger partial charge >= 0.3 is 11.9 Å². The number of halogens is 1. The number of carboxylic acid groups (broad SMARTS) is 1. The summed E-state index contributed by atoms with van der Waals surface area (Å²) in [6.07, 6.45) is 0. The fraction of sp³-hybridized carbons (Fsp3) is 0.118. The molecule has 1 N–H and O–H groups in total. The van der Waals surface area contributed by atoms with E-state index in [-0.39, 0.29) is 16.7 Å². The van der Waals surface area contributed by atoms with Crippen LogP contribution in [-0.2, 0) is 11.8 Å². The SMILES string of the molecule is COC(=O)c1ccc(-c2nn(C)c3cc(C(=O)O)ccc23)c(F)c1. The zero-order chi connectivity index (χ0) is 17.4. The summed E-state index contributed by atoms with van der Waals surface area (Å²) in [4.78, 5) is 22.6. The monoisotopic (exact) mass is 328 g/mol. The van der Waals surface area contributed by atoms with Crippen LogP contribution >= 0.6 is 0 Å². The quantitative estimate of drug-likeness (QED) is 0.748. The van der Waals surface area contributed by atoms with Crippen molar-refractivity contribution in [2.24, 2.45) is 7.05 Å². The Balaban J connectivity index is 2.16. The number of methoxy groups -OCH3 is 1. The zero-order valence-electron chi connectivity index (χ0n) is 12.9. The Kier molecular flexibility index (Phi) is 3.76. The average Bonchev–Trinajstić information content (AvgIpc) is 2.90. The Morgan fingerprint density at radius 1 is 1.17 bits per heavy atom. The predicted octanol–water partition coefficient (Wildman–Crippen LogP) is 2.86. The molecule has 0 spiro atoms. The van der Waals surface area contributed by atoms with Gasteiger partial charge < -0.3 is 9.84 Å². The first-order chi connectivity index (χ1) is 11.4. The highest BCUT2D eigenvalue weighted by Crippen LogP contribution is 2.30. The van der Waals surface area contributed by atoms with Crippen molar-refractivity contribution in [3.05, 3.63) is 53.3 Å². The Morgan fingerprint density at radius 3 is 2.50 bits per heavy atom. The van der Waals surface area contributed by atoms with Crippen molar-refractivity contribution in [2.45, 2.75) is 0 Å². The second-order valence-electron chi connectivity index (χ2n) is 5.20. The van der Waals surface area contributed by atoms with Crippen LogP contribution in [0.15, 0.2) is 36.4 Å². The number of carboxylic acids is 1. The number of carbonyl (C=O) groups is 2. The predicted molar refractivity (Wildman–Crippen MR) is 84.4 cm³/mol. The van der Waals surface area contributed by atoms with E-state index < -0.39 is 17.8 Å². The lowest BCUT2D eigenvalue weighted by atomic mass is 10.0. The first-order valence-corrected chi connectivity index (χ1v) is 7.00. The summed E-state index contributed by atoms with van der Waals surface area (Å²) in [7, 11) is 2.87. The molecule has 0 radical (unpaired) electrons. The van der Waals surface area contributed by atoms with E-state index in [0.29, 0.717) is 16.6 Å². The van der Waals surface area contributed by atoms with Gasteiger partial charge in [0.1, 0.15) is 11.5 Å². The maximum Gasteiger partial charge on any atom is 0.337 e. The van der Waals surface area contributed by atoms with Crippen molar-refractivity contribution in [2.75, 3.05) is 7.11 Å². The lowest BCUT2D eigenvalue weighted by Gasteiger charge is -2.04. The van der Waals surface area contributed by atoms with Gasteiger partial charge in [-0.1, -0.05) is 0 Å². The van der Waals surface area contributed by atoms with E-state index >= 15 is 0 Å². The molecule has 1 aromatic heterocycles. The molecule has 0 atom stereocenters. The third-order valence-electron chi connectivity index (χ3n) is 3.74. The largest absolute Gasteiger partial charge is 0.478 e. The highest BCUT2D eigenvalue weighted by molar-refractivity contribution is 5.99. The highest BCUT2D eigenvalue weighted by Gasteiger charge is 2.17. The number of carbonyl (C=O) groups excluding carboxylic acids is 1. The molecule has 0 fully saturated rings. The molecular formula is C17H13FN2O4. The van der Waals surface area contributed by atoms with E-state index in [1.807, 2.05) is 0 Å². The number of hydrogen-bond donors (Lipinski definition) is 1. The first kappa shape index (κ1) is 15.7. The van der Waals surface area contributed by atoms with Crippen LogP contribution in [0.4, 0.5) is 4.39 Å². The van der Waals surface area contributed by atoms with Crippen LogP contribution in [0.3, 0.4) is 0 Å². The number of aryl methyl sites for hydroxylation is 1. The first-order valence-electron chi connectivity index (χ1n) is 7.00. The van der Waals surface area contributed by atoms with Gasteiger partial charge in [0.2, 0.25) is 0 Å². The lowest BCUT2D eigenvalue weighted by molar-refractivity contribution is 0.0599. The van der Waals surface area contributed by atoms with Crippen LogP contribution in [0.1, 0.15) is 20.7 Å². The van der Waals surface area contributed by atoms with Crippen molar-refractivity contribution in [3.63, 3.8) is 0 Å². The van der Waals surface area contributed by atoms with Crippen molar-refractivity contribution in [1.82, 2.24) is 9.78 Å². The van der Waals surface area contributed by atoms with Gasteiger partial charge in [0.05, 0.1) is 23.8 Å². The van der Waals surface area contributed by atoms with Crippen LogP contribution in [0.2, 0.25) is 0 Å². The number of aromatic nitrogens is 2. The standard InChI is InChI=1S/C17H13FN2O4/c1-20-14-8-9(16(21)22)3-6-12(14)15(19-20)11-5-4-10(7-13(11)18)17(23)24-2/h3-8H,1-2H3,(H,21,22). The molecule has 1 heterocycles. The van der Waals surface area contributed by atoms with Crippen molar-refractivity contribution < 1.29 is 23.8 Å². The number of nitrogens with zero attached hydrogens (tertiary/aromatic N) is 2. The number of aromatic carboxylic acids is 1. The summed E-state index contributed by atoms with van der Waals surface area (Å²) in [6, 6.07) is 8.51. The summed E-state index contributed by atoms with van der Waals surface area (Å²) in [5.74, 6) is -2.29. The van der Waals surface area contributed by atoms with Gasteiger partial charge in [0, 0.05) is 18.0 Å². The molecule has 0 amide bonds. The number of hydrogen-bond acceptors (Lipinski definition) is 4. The minimum absolute atomic E-state index is 0.104. The molecule has 0 saturated heterocycles. The topological polar surface area (TPSA) is 81.4 Å². The number of rotatable bonds is 3. The normalized spacial score (nSPS) is 10.8. The molecule has 7 heteroatoms. The Bertz CT molecular complexity index is 978. The average molecular weight is 328 g/mol. The fourth-order valence-corrected chi connectivity index (χ4v) is 2.54. The van der Waals surface area contributed by atoms with Crippen LogP contribution in [0.5, 0.6) is 0 Å². The number of esters is 1. The van der Waals surface area contributed by atoms with Crippen LogP contribution in [0, 0.1) is 5.82 Å². The minimum atomic E-state index is -1.05. The molecule has 122 valence electrons. The minimum Gasteiger partial charge on any atom is -0.478 e. The lowest BCUT2D eigenvalue weighted by Crippen LogP contribution is -2.02. The molecule has 3 aromatic rings. The van der Waals surface area contributed by atoms with E-state index in [4.69, 9.17) is 5.11 Å². The smallest absolute Gasteiger partial charge is 0.337 e.